The van der Waals surface area contributed by atoms with Crippen molar-refractivity contribution in [2.75, 3.05) is 0 Å². The van der Waals surface area contributed by atoms with E-state index in [-0.39, 0.29) is 35.6 Å². The van der Waals surface area contributed by atoms with Crippen LogP contribution in [-0.4, -0.2) is 32.2 Å². The number of esters is 1. The highest BCUT2D eigenvalue weighted by Gasteiger charge is 2.44. The first-order chi connectivity index (χ1) is 21.8. The van der Waals surface area contributed by atoms with Gasteiger partial charge in [-0.2, -0.15) is 13.2 Å². The van der Waals surface area contributed by atoms with Crippen molar-refractivity contribution >= 4 is 11.8 Å². The molecular weight excluding hydrogens is 614 g/mol. The molecule has 0 spiro atoms. The van der Waals surface area contributed by atoms with Crippen molar-refractivity contribution in [3.63, 3.8) is 0 Å². The normalized spacial score (nSPS) is 13.5. The summed E-state index contributed by atoms with van der Waals surface area (Å²) in [6.07, 6.45) is -6.18. The highest BCUT2D eigenvalue weighted by atomic mass is 19.4. The molecule has 0 amide bonds. The number of carbonyl (C=O) groups excluding carboxylic acids is 2. The van der Waals surface area contributed by atoms with Gasteiger partial charge in [0.25, 0.3) is 0 Å². The molecule has 3 aromatic carbocycles. The van der Waals surface area contributed by atoms with Crippen LogP contribution in [-0.2, 0) is 33.5 Å². The lowest BCUT2D eigenvalue weighted by Gasteiger charge is -2.28. The third kappa shape index (κ3) is 8.01. The van der Waals surface area contributed by atoms with Crippen molar-refractivity contribution in [1.29, 1.82) is 0 Å². The molecule has 11 heteroatoms. The van der Waals surface area contributed by atoms with E-state index >= 15 is 0 Å². The zero-order valence-electron chi connectivity index (χ0n) is 27.4. The van der Waals surface area contributed by atoms with Crippen molar-refractivity contribution in [2.45, 2.75) is 84.8 Å². The highest BCUT2D eigenvalue weighted by molar-refractivity contribution is 6.00. The number of hydrogen-bond acceptors (Lipinski definition) is 5. The number of phenols is 1. The van der Waals surface area contributed by atoms with Gasteiger partial charge < -0.3 is 14.4 Å². The van der Waals surface area contributed by atoms with Crippen molar-refractivity contribution < 1.29 is 37.0 Å². The van der Waals surface area contributed by atoms with Crippen LogP contribution in [0, 0.1) is 12.7 Å². The second kappa shape index (κ2) is 13.2. The number of ketones is 1. The lowest BCUT2D eigenvalue weighted by molar-refractivity contribution is -0.206. The molecule has 1 atom stereocenters. The molecular formula is C36H39F4N3O4. The summed E-state index contributed by atoms with van der Waals surface area (Å²) in [5, 5.41) is 11.2. The Bertz CT molecular complexity index is 1810. The van der Waals surface area contributed by atoms with Gasteiger partial charge in [0.15, 0.2) is 0 Å². The molecule has 0 fully saturated rings. The average molecular weight is 654 g/mol. The molecule has 0 saturated carbocycles. The summed E-state index contributed by atoms with van der Waals surface area (Å²) in [7, 11) is 0. The molecule has 47 heavy (non-hydrogen) atoms. The first-order valence-electron chi connectivity index (χ1n) is 15.0. The number of alkyl halides is 3. The van der Waals surface area contributed by atoms with E-state index in [1.165, 1.54) is 36.5 Å². The van der Waals surface area contributed by atoms with Gasteiger partial charge in [0.05, 0.1) is 13.1 Å². The number of hydrogen-bond donors (Lipinski definition) is 1. The first kappa shape index (κ1) is 35.2. The van der Waals surface area contributed by atoms with E-state index in [0.717, 1.165) is 10.1 Å². The predicted molar refractivity (Wildman–Crippen MR) is 169 cm³/mol. The number of benzene rings is 3. The topological polar surface area (TPSA) is 85.8 Å². The SMILES string of the molecule is Cc1cn(C(OC(=O)C(F)(F)F)C(=O)c2cc(C(C)(C)C)c(O)c(C(C)(C)C)c2)c(=NCc2ccccc2F)n1Cc1ccccc1. The quantitative estimate of drug-likeness (QED) is 0.120. The van der Waals surface area contributed by atoms with Crippen LogP contribution in [0.2, 0.25) is 0 Å². The molecule has 0 saturated heterocycles. The Kier molecular flexibility index (Phi) is 9.89. The molecule has 1 unspecified atom stereocenters. The van der Waals surface area contributed by atoms with E-state index < -0.39 is 40.8 Å². The fourth-order valence-corrected chi connectivity index (χ4v) is 5.18. The highest BCUT2D eigenvalue weighted by Crippen LogP contribution is 2.40. The minimum absolute atomic E-state index is 0.0196. The van der Waals surface area contributed by atoms with Gasteiger partial charge in [-0.3, -0.25) is 9.36 Å². The summed E-state index contributed by atoms with van der Waals surface area (Å²) in [5.74, 6) is -4.11. The summed E-state index contributed by atoms with van der Waals surface area (Å²) < 4.78 is 63.3. The molecule has 0 aliphatic rings. The van der Waals surface area contributed by atoms with Gasteiger partial charge in [-0.1, -0.05) is 90.1 Å². The fraction of sp³-hybridized carbons (Fsp3) is 0.361. The van der Waals surface area contributed by atoms with Gasteiger partial charge in [-0.15, -0.1) is 0 Å². The van der Waals surface area contributed by atoms with E-state index in [9.17, 15) is 32.3 Å². The van der Waals surface area contributed by atoms with E-state index in [1.54, 1.807) is 17.6 Å². The average Bonchev–Trinajstić information content (AvgIpc) is 3.27. The number of phenolic OH excluding ortho intramolecular Hbond substituents is 1. The van der Waals surface area contributed by atoms with E-state index in [2.05, 4.69) is 4.99 Å². The Morgan fingerprint density at radius 3 is 1.98 bits per heavy atom. The number of carbonyl (C=O) groups is 2. The molecule has 1 aromatic heterocycles. The van der Waals surface area contributed by atoms with Crippen LogP contribution in [0.3, 0.4) is 0 Å². The molecule has 0 radical (unpaired) electrons. The predicted octanol–water partition coefficient (Wildman–Crippen LogP) is 7.67. The second-order valence-corrected chi connectivity index (χ2v) is 13.5. The van der Waals surface area contributed by atoms with Gasteiger partial charge in [0.1, 0.15) is 11.6 Å². The number of imidazole rings is 1. The lowest BCUT2D eigenvalue weighted by Crippen LogP contribution is -2.38. The third-order valence-corrected chi connectivity index (χ3v) is 7.69. The Morgan fingerprint density at radius 1 is 0.894 bits per heavy atom. The lowest BCUT2D eigenvalue weighted by atomic mass is 9.78. The summed E-state index contributed by atoms with van der Waals surface area (Å²) in [6.45, 7) is 12.6. The van der Waals surface area contributed by atoms with Gasteiger partial charge >= 0.3 is 12.1 Å². The van der Waals surface area contributed by atoms with Gasteiger partial charge in [0.2, 0.25) is 17.6 Å². The fourth-order valence-electron chi connectivity index (χ4n) is 5.18. The summed E-state index contributed by atoms with van der Waals surface area (Å²) >= 11 is 0. The maximum atomic E-state index is 14.6. The Labute approximate surface area is 271 Å². The van der Waals surface area contributed by atoms with E-state index in [1.807, 2.05) is 71.9 Å². The van der Waals surface area contributed by atoms with Crippen LogP contribution in [0.1, 0.15) is 86.1 Å². The summed E-state index contributed by atoms with van der Waals surface area (Å²) in [4.78, 5) is 31.3. The molecule has 1 heterocycles. The van der Waals surface area contributed by atoms with E-state index in [0.29, 0.717) is 16.8 Å². The van der Waals surface area contributed by atoms with Gasteiger partial charge in [0, 0.05) is 34.1 Å². The minimum Gasteiger partial charge on any atom is -0.507 e. The Balaban J connectivity index is 2.00. The molecule has 1 N–H and O–H groups in total. The largest absolute Gasteiger partial charge is 0.507 e. The smallest absolute Gasteiger partial charge is 0.491 e. The number of nitrogens with zero attached hydrogens (tertiary/aromatic N) is 3. The molecule has 0 bridgehead atoms. The van der Waals surface area contributed by atoms with Gasteiger partial charge in [-0.05, 0) is 41.5 Å². The first-order valence-corrected chi connectivity index (χ1v) is 15.0. The number of aromatic hydroxyl groups is 1. The number of ether oxygens (including phenoxy) is 1. The number of aromatic nitrogens is 2. The number of rotatable bonds is 8. The van der Waals surface area contributed by atoms with Crippen LogP contribution >= 0.6 is 0 Å². The van der Waals surface area contributed by atoms with Crippen LogP contribution in [0.15, 0.2) is 77.9 Å². The molecule has 7 nitrogen and oxygen atoms in total. The van der Waals surface area contributed by atoms with Crippen molar-refractivity contribution in [2.24, 2.45) is 4.99 Å². The third-order valence-electron chi connectivity index (χ3n) is 7.69. The van der Waals surface area contributed by atoms with Crippen LogP contribution in [0.5, 0.6) is 5.75 Å². The maximum absolute atomic E-state index is 14.6. The Hall–Kier alpha value is -4.67. The van der Waals surface area contributed by atoms with Crippen LogP contribution in [0.25, 0.3) is 0 Å². The van der Waals surface area contributed by atoms with E-state index in [4.69, 9.17) is 4.74 Å². The monoisotopic (exact) mass is 653 g/mol. The minimum atomic E-state index is -5.41. The number of aryl methyl sites for hydroxylation is 1. The summed E-state index contributed by atoms with van der Waals surface area (Å²) in [6, 6.07) is 17.9. The molecule has 250 valence electrons. The maximum Gasteiger partial charge on any atom is 0.491 e. The summed E-state index contributed by atoms with van der Waals surface area (Å²) in [5.41, 5.74) is 0.874. The molecule has 4 aromatic rings. The molecule has 0 aliphatic carbocycles. The van der Waals surface area contributed by atoms with Crippen molar-refractivity contribution in [3.8, 4) is 5.75 Å². The van der Waals surface area contributed by atoms with Crippen molar-refractivity contribution in [1.82, 2.24) is 9.13 Å². The molecule has 0 aliphatic heterocycles. The second-order valence-electron chi connectivity index (χ2n) is 13.5. The van der Waals surface area contributed by atoms with Crippen LogP contribution < -0.4 is 5.62 Å². The van der Waals surface area contributed by atoms with Crippen molar-refractivity contribution in [3.05, 3.63) is 118 Å². The number of halogens is 4. The molecule has 4 rings (SSSR count). The van der Waals surface area contributed by atoms with Gasteiger partial charge in [-0.25, -0.2) is 14.2 Å². The zero-order valence-corrected chi connectivity index (χ0v) is 27.4. The van der Waals surface area contributed by atoms with Crippen LogP contribution in [0.4, 0.5) is 17.6 Å². The standard InChI is InChI=1S/C36H39F4N3O4/c1-22-20-43(33(41-19-24-15-11-12-16-28(24)37)42(22)21-23-13-9-8-10-14-23)31(47-32(46)36(38,39)40)29(44)25-17-26(34(2,3)4)30(45)27(18-25)35(5,6)7/h8-18,20,31,45H,19,21H2,1-7H3. The Morgan fingerprint density at radius 2 is 1.45 bits per heavy atom. The number of Topliss-reactive ketones (excluding diaryl/α,β-unsaturated/α-hetero) is 1. The zero-order chi connectivity index (χ0) is 34.9.